The van der Waals surface area contributed by atoms with Crippen LogP contribution in [0.3, 0.4) is 0 Å². The van der Waals surface area contributed by atoms with E-state index in [1.54, 1.807) is 0 Å². The number of carbonyl (C=O) groups excluding carboxylic acids is 9. The molecule has 0 fully saturated rings. The number of benzene rings is 3. The van der Waals surface area contributed by atoms with Gasteiger partial charge in [0, 0.05) is 28.2 Å². The molecule has 7 N–H and O–H groups in total. The van der Waals surface area contributed by atoms with E-state index < -0.39 is 73.0 Å². The summed E-state index contributed by atoms with van der Waals surface area (Å²) in [5.74, 6) is -6.70. The molecule has 0 atom stereocenters. The Morgan fingerprint density at radius 2 is 0.662 bits per heavy atom. The fourth-order valence-electron chi connectivity index (χ4n) is 5.55. The normalized spacial score (nSPS) is 10.5. The lowest BCUT2D eigenvalue weighted by Gasteiger charge is -2.13. The average molecular weight is 903 g/mol. The maximum Gasteiger partial charge on any atom is 0.338 e. The summed E-state index contributed by atoms with van der Waals surface area (Å²) >= 11 is 0. The second-order valence-electron chi connectivity index (χ2n) is 14.6. The Labute approximate surface area is 377 Å². The number of amides is 5. The van der Waals surface area contributed by atoms with Gasteiger partial charge in [-0.1, -0.05) is 53.4 Å². The molecule has 0 aromatic heterocycles. The molecule has 3 rings (SSSR count). The summed E-state index contributed by atoms with van der Waals surface area (Å²) in [5, 5.41) is 12.4. The van der Waals surface area contributed by atoms with E-state index in [1.807, 2.05) is 27.7 Å². The van der Waals surface area contributed by atoms with Crippen molar-refractivity contribution in [2.24, 2.45) is 5.73 Å². The minimum atomic E-state index is -0.846. The molecule has 0 unspecified atom stereocenters. The number of hydrogen-bond donors (Lipinski definition) is 6. The molecule has 0 saturated heterocycles. The van der Waals surface area contributed by atoms with Crippen LogP contribution in [-0.4, -0.2) is 99.5 Å². The van der Waals surface area contributed by atoms with Crippen molar-refractivity contribution in [2.75, 3.05) is 62.0 Å². The van der Waals surface area contributed by atoms with Gasteiger partial charge in [-0.3, -0.25) is 24.0 Å². The average Bonchev–Trinajstić information content (AvgIpc) is 3.29. The van der Waals surface area contributed by atoms with E-state index in [2.05, 4.69) is 26.6 Å². The molecule has 0 aliphatic rings. The third-order valence-corrected chi connectivity index (χ3v) is 9.05. The van der Waals surface area contributed by atoms with Crippen molar-refractivity contribution in [3.05, 3.63) is 88.0 Å². The van der Waals surface area contributed by atoms with Gasteiger partial charge in [0.1, 0.15) is 0 Å². The number of carbonyl (C=O) groups is 9. The van der Waals surface area contributed by atoms with Crippen molar-refractivity contribution >= 4 is 70.5 Å². The van der Waals surface area contributed by atoms with Crippen molar-refractivity contribution in [1.82, 2.24) is 10.6 Å². The van der Waals surface area contributed by atoms with E-state index in [0.717, 1.165) is 31.7 Å². The number of nitrogens with one attached hydrogen (secondary N) is 5. The minimum absolute atomic E-state index is 0.00543. The molecule has 65 heavy (non-hydrogen) atoms. The topological polar surface area (TPSA) is 277 Å². The Bertz CT molecular complexity index is 1970. The Morgan fingerprint density at radius 3 is 0.938 bits per heavy atom. The molecule has 0 aliphatic heterocycles. The SMILES string of the molecule is CCCCOC(=O)c1cc(NC(=O)CNC(=O)c2cc(NC(=O)CN)cc(C(=O)NCC(=O)Nc3cc(C(=O)OCCCC)cc(C(=O)OCCCC)c3)c2)cc(C(=O)OCCCC)c1. The molecular weight excluding hydrogens is 845 g/mol. The van der Waals surface area contributed by atoms with Gasteiger partial charge in [0.2, 0.25) is 17.7 Å². The van der Waals surface area contributed by atoms with Crippen LogP contribution in [-0.2, 0) is 33.3 Å². The quantitative estimate of drug-likeness (QED) is 0.0346. The highest BCUT2D eigenvalue weighted by Gasteiger charge is 2.20. The fourth-order valence-corrected chi connectivity index (χ4v) is 5.55. The van der Waals surface area contributed by atoms with Crippen LogP contribution in [0, 0.1) is 0 Å². The Hall–Kier alpha value is -7.15. The van der Waals surface area contributed by atoms with E-state index in [9.17, 15) is 43.2 Å². The van der Waals surface area contributed by atoms with Crippen molar-refractivity contribution < 1.29 is 62.1 Å². The first-order valence-corrected chi connectivity index (χ1v) is 21.5. The van der Waals surface area contributed by atoms with Crippen LogP contribution in [0.25, 0.3) is 0 Å². The zero-order valence-corrected chi connectivity index (χ0v) is 37.2. The summed E-state index contributed by atoms with van der Waals surface area (Å²) < 4.78 is 21.1. The van der Waals surface area contributed by atoms with E-state index >= 15 is 0 Å². The summed E-state index contributed by atoms with van der Waals surface area (Å²) in [4.78, 5) is 116. The third-order valence-electron chi connectivity index (χ3n) is 9.05. The van der Waals surface area contributed by atoms with Crippen molar-refractivity contribution in [3.63, 3.8) is 0 Å². The first-order valence-electron chi connectivity index (χ1n) is 21.5. The van der Waals surface area contributed by atoms with E-state index in [1.165, 1.54) is 48.5 Å². The van der Waals surface area contributed by atoms with Crippen LogP contribution in [0.1, 0.15) is 141 Å². The van der Waals surface area contributed by atoms with Gasteiger partial charge in [0.05, 0.1) is 68.3 Å². The van der Waals surface area contributed by atoms with Crippen molar-refractivity contribution in [2.45, 2.75) is 79.1 Å². The smallest absolute Gasteiger partial charge is 0.338 e. The second kappa shape index (κ2) is 27.8. The van der Waals surface area contributed by atoms with Crippen LogP contribution < -0.4 is 32.3 Å². The first kappa shape index (κ1) is 52.2. The van der Waals surface area contributed by atoms with Crippen LogP contribution >= 0.6 is 0 Å². The first-order chi connectivity index (χ1) is 31.2. The highest BCUT2D eigenvalue weighted by molar-refractivity contribution is 6.06. The molecule has 3 aromatic carbocycles. The van der Waals surface area contributed by atoms with Gasteiger partial charge in [0.15, 0.2) is 0 Å². The highest BCUT2D eigenvalue weighted by atomic mass is 16.5. The molecule has 0 radical (unpaired) electrons. The summed E-state index contributed by atoms with van der Waals surface area (Å²) in [5.41, 5.74) is 5.18. The van der Waals surface area contributed by atoms with Gasteiger partial charge < -0.3 is 51.3 Å². The Morgan fingerprint density at radius 1 is 0.400 bits per heavy atom. The maximum atomic E-state index is 13.4. The Balaban J connectivity index is 1.76. The lowest BCUT2D eigenvalue weighted by Crippen LogP contribution is -2.34. The van der Waals surface area contributed by atoms with Crippen molar-refractivity contribution in [3.8, 4) is 0 Å². The number of esters is 4. The molecule has 3 aromatic rings. The predicted octanol–water partition coefficient (Wildman–Crippen LogP) is 5.15. The monoisotopic (exact) mass is 902 g/mol. The standard InChI is InChI=1S/C46H58N6O13/c1-5-9-13-62-43(58)31-18-32(44(59)63-14-10-6-2)23-36(22-31)51-39(54)27-48-41(56)29-17-30(21-35(20-29)50-38(53)26-47)42(57)49-28-40(55)52-37-24-33(45(60)64-15-11-7-3)19-34(25-37)46(61)65-16-12-8-4/h17-25H,5-16,26-28,47H2,1-4H3,(H,48,56)(H,49,57)(H,50,53)(H,51,54)(H,52,55). The third kappa shape index (κ3) is 18.2. The van der Waals surface area contributed by atoms with Gasteiger partial charge in [-0.05, 0) is 80.3 Å². The zero-order chi connectivity index (χ0) is 47.7. The van der Waals surface area contributed by atoms with E-state index in [0.29, 0.717) is 25.7 Å². The summed E-state index contributed by atoms with van der Waals surface area (Å²) in [6, 6.07) is 11.5. The minimum Gasteiger partial charge on any atom is -0.462 e. The number of nitrogens with two attached hydrogens (primary N) is 1. The molecule has 19 nitrogen and oxygen atoms in total. The number of rotatable bonds is 26. The van der Waals surface area contributed by atoms with Gasteiger partial charge in [-0.25, -0.2) is 19.2 Å². The molecule has 5 amide bonds. The molecule has 0 spiro atoms. The molecule has 0 saturated carbocycles. The van der Waals surface area contributed by atoms with Gasteiger partial charge in [-0.2, -0.15) is 0 Å². The van der Waals surface area contributed by atoms with Crippen LogP contribution in [0.4, 0.5) is 17.1 Å². The number of ether oxygens (including phenoxy) is 4. The fraction of sp³-hybridized carbons (Fsp3) is 0.413. The van der Waals surface area contributed by atoms with Gasteiger partial charge in [-0.15, -0.1) is 0 Å². The Kier molecular flexibility index (Phi) is 22.3. The zero-order valence-electron chi connectivity index (χ0n) is 37.2. The summed E-state index contributed by atoms with van der Waals surface area (Å²) in [6.07, 6.45) is 5.62. The number of hydrogen-bond acceptors (Lipinski definition) is 14. The molecule has 0 aliphatic carbocycles. The number of anilines is 3. The van der Waals surface area contributed by atoms with E-state index in [-0.39, 0.29) is 76.9 Å². The second-order valence-corrected chi connectivity index (χ2v) is 14.6. The lowest BCUT2D eigenvalue weighted by molar-refractivity contribution is -0.116. The molecule has 350 valence electrons. The maximum absolute atomic E-state index is 13.4. The lowest BCUT2D eigenvalue weighted by atomic mass is 10.1. The predicted molar refractivity (Wildman–Crippen MR) is 240 cm³/mol. The van der Waals surface area contributed by atoms with Crippen LogP contribution in [0.2, 0.25) is 0 Å². The summed E-state index contributed by atoms with van der Waals surface area (Å²) in [7, 11) is 0. The largest absolute Gasteiger partial charge is 0.462 e. The highest BCUT2D eigenvalue weighted by Crippen LogP contribution is 2.20. The van der Waals surface area contributed by atoms with Gasteiger partial charge in [0.25, 0.3) is 11.8 Å². The summed E-state index contributed by atoms with van der Waals surface area (Å²) in [6.45, 7) is 6.67. The van der Waals surface area contributed by atoms with Crippen LogP contribution in [0.15, 0.2) is 54.6 Å². The molecule has 19 heteroatoms. The number of unbranched alkanes of at least 4 members (excludes halogenated alkanes) is 4. The molecule has 0 heterocycles. The van der Waals surface area contributed by atoms with Crippen LogP contribution in [0.5, 0.6) is 0 Å². The molecule has 0 bridgehead atoms. The van der Waals surface area contributed by atoms with Gasteiger partial charge >= 0.3 is 23.9 Å². The van der Waals surface area contributed by atoms with E-state index in [4.69, 9.17) is 24.7 Å². The molecular formula is C46H58N6O13. The van der Waals surface area contributed by atoms with Crippen molar-refractivity contribution in [1.29, 1.82) is 0 Å².